The molecule has 2 fully saturated rings. The van der Waals surface area contributed by atoms with E-state index in [1.807, 2.05) is 6.92 Å². The van der Waals surface area contributed by atoms with E-state index in [0.29, 0.717) is 12.5 Å². The van der Waals surface area contributed by atoms with Gasteiger partial charge in [-0.1, -0.05) is 0 Å². The van der Waals surface area contributed by atoms with Crippen LogP contribution in [0.3, 0.4) is 0 Å². The number of amides is 2. The molecule has 0 saturated heterocycles. The molecule has 0 aromatic carbocycles. The minimum absolute atomic E-state index is 0.195. The van der Waals surface area contributed by atoms with Gasteiger partial charge in [-0.3, -0.25) is 0 Å². The molecule has 2 atom stereocenters. The summed E-state index contributed by atoms with van der Waals surface area (Å²) in [6.45, 7) is 2.53. The lowest BCUT2D eigenvalue weighted by molar-refractivity contribution is 0.242. The van der Waals surface area contributed by atoms with Gasteiger partial charge in [0.1, 0.15) is 0 Å². The lowest BCUT2D eigenvalue weighted by atomic mass is 10.2. The zero-order chi connectivity index (χ0) is 9.26. The van der Waals surface area contributed by atoms with E-state index in [1.54, 1.807) is 0 Å². The van der Waals surface area contributed by atoms with Crippen LogP contribution in [0.1, 0.15) is 26.2 Å². The fourth-order valence-corrected chi connectivity index (χ4v) is 1.95. The van der Waals surface area contributed by atoms with Gasteiger partial charge in [-0.25, -0.2) is 10.2 Å². The molecule has 0 aromatic rings. The molecule has 4 heteroatoms. The molecular weight excluding hydrogens is 166 g/mol. The van der Waals surface area contributed by atoms with Gasteiger partial charge in [-0.2, -0.15) is 5.10 Å². The lowest BCUT2D eigenvalue weighted by Crippen LogP contribution is -2.32. The molecule has 2 N–H and O–H groups in total. The SMILES string of the molecule is CCNC(=O)N/N=C1/CC[C@H]2C[C@@H]12. The van der Waals surface area contributed by atoms with Gasteiger partial charge < -0.3 is 5.32 Å². The van der Waals surface area contributed by atoms with Crippen LogP contribution in [-0.4, -0.2) is 18.3 Å². The fraction of sp³-hybridized carbons (Fsp3) is 0.778. The van der Waals surface area contributed by atoms with Crippen LogP contribution in [0.4, 0.5) is 4.79 Å². The highest BCUT2D eigenvalue weighted by atomic mass is 16.2. The minimum atomic E-state index is -0.195. The molecule has 2 saturated carbocycles. The molecule has 0 aliphatic heterocycles. The van der Waals surface area contributed by atoms with Gasteiger partial charge in [0.25, 0.3) is 0 Å². The first-order chi connectivity index (χ1) is 6.31. The maximum atomic E-state index is 11.0. The maximum Gasteiger partial charge on any atom is 0.335 e. The summed E-state index contributed by atoms with van der Waals surface area (Å²) in [5.74, 6) is 1.58. The van der Waals surface area contributed by atoms with Crippen molar-refractivity contribution in [1.82, 2.24) is 10.7 Å². The van der Waals surface area contributed by atoms with Crippen LogP contribution in [0.15, 0.2) is 5.10 Å². The van der Waals surface area contributed by atoms with E-state index in [9.17, 15) is 4.79 Å². The van der Waals surface area contributed by atoms with Gasteiger partial charge in [-0.15, -0.1) is 0 Å². The number of hydrogen-bond donors (Lipinski definition) is 2. The second kappa shape index (κ2) is 3.36. The highest BCUT2D eigenvalue weighted by Gasteiger charge is 2.45. The van der Waals surface area contributed by atoms with E-state index in [1.165, 1.54) is 18.6 Å². The molecule has 0 unspecified atom stereocenters. The van der Waals surface area contributed by atoms with Crippen LogP contribution in [0, 0.1) is 11.8 Å². The Kier molecular flexibility index (Phi) is 2.20. The molecule has 0 bridgehead atoms. The molecule has 0 radical (unpaired) electrons. The van der Waals surface area contributed by atoms with Crippen molar-refractivity contribution in [2.45, 2.75) is 26.2 Å². The molecule has 72 valence electrons. The summed E-state index contributed by atoms with van der Waals surface area (Å²) >= 11 is 0. The first-order valence-electron chi connectivity index (χ1n) is 4.91. The minimum Gasteiger partial charge on any atom is -0.337 e. The van der Waals surface area contributed by atoms with Crippen molar-refractivity contribution < 1.29 is 4.79 Å². The predicted molar refractivity (Wildman–Crippen MR) is 50.5 cm³/mol. The van der Waals surface area contributed by atoms with Crippen LogP contribution in [-0.2, 0) is 0 Å². The van der Waals surface area contributed by atoms with E-state index >= 15 is 0 Å². The highest BCUT2D eigenvalue weighted by Crippen LogP contribution is 2.49. The molecule has 0 heterocycles. The Morgan fingerprint density at radius 1 is 1.69 bits per heavy atom. The van der Waals surface area contributed by atoms with Crippen molar-refractivity contribution in [1.29, 1.82) is 0 Å². The summed E-state index contributed by atoms with van der Waals surface area (Å²) in [6, 6.07) is -0.195. The number of nitrogens with one attached hydrogen (secondary N) is 2. The van der Waals surface area contributed by atoms with Gasteiger partial charge >= 0.3 is 6.03 Å². The van der Waals surface area contributed by atoms with Crippen LogP contribution in [0.25, 0.3) is 0 Å². The van der Waals surface area contributed by atoms with Gasteiger partial charge in [0.05, 0.1) is 0 Å². The van der Waals surface area contributed by atoms with Crippen LogP contribution < -0.4 is 10.7 Å². The van der Waals surface area contributed by atoms with Crippen LogP contribution >= 0.6 is 0 Å². The Morgan fingerprint density at radius 3 is 3.08 bits per heavy atom. The topological polar surface area (TPSA) is 53.5 Å². The third kappa shape index (κ3) is 1.82. The lowest BCUT2D eigenvalue weighted by Gasteiger charge is -2.01. The van der Waals surface area contributed by atoms with E-state index < -0.39 is 0 Å². The van der Waals surface area contributed by atoms with Crippen LogP contribution in [0.2, 0.25) is 0 Å². The largest absolute Gasteiger partial charge is 0.337 e. The zero-order valence-electron chi connectivity index (χ0n) is 7.84. The summed E-state index contributed by atoms with van der Waals surface area (Å²) in [5, 5.41) is 6.76. The Labute approximate surface area is 77.8 Å². The highest BCUT2D eigenvalue weighted by molar-refractivity contribution is 5.92. The molecule has 2 rings (SSSR count). The number of fused-ring (bicyclic) bond motifs is 1. The van der Waals surface area contributed by atoms with Crippen molar-refractivity contribution >= 4 is 11.7 Å². The second-order valence-corrected chi connectivity index (χ2v) is 3.72. The average Bonchev–Trinajstić information content (AvgIpc) is 2.78. The molecule has 2 aliphatic carbocycles. The Bertz CT molecular complexity index is 249. The molecular formula is C9H15N3O. The van der Waals surface area contributed by atoms with Crippen molar-refractivity contribution in [3.8, 4) is 0 Å². The molecule has 13 heavy (non-hydrogen) atoms. The van der Waals surface area contributed by atoms with E-state index in [2.05, 4.69) is 15.8 Å². The van der Waals surface area contributed by atoms with Crippen molar-refractivity contribution in [2.75, 3.05) is 6.54 Å². The number of carbonyl (C=O) groups is 1. The Morgan fingerprint density at radius 2 is 2.54 bits per heavy atom. The first kappa shape index (κ1) is 8.53. The number of carbonyl (C=O) groups excluding carboxylic acids is 1. The van der Waals surface area contributed by atoms with E-state index in [0.717, 1.165) is 12.3 Å². The summed E-state index contributed by atoms with van der Waals surface area (Å²) in [4.78, 5) is 11.0. The van der Waals surface area contributed by atoms with Crippen molar-refractivity contribution in [3.05, 3.63) is 0 Å². The standard InChI is InChI=1S/C9H15N3O/c1-2-10-9(13)12-11-8-4-3-6-5-7(6)8/h6-7H,2-5H2,1H3,(H2,10,12,13)/b11-8-/t6-,7+/m0/s1. The predicted octanol–water partition coefficient (Wildman–Crippen LogP) is 1.09. The number of rotatable bonds is 2. The quantitative estimate of drug-likeness (QED) is 0.616. The number of hydrogen-bond acceptors (Lipinski definition) is 2. The van der Waals surface area contributed by atoms with Crippen molar-refractivity contribution in [3.63, 3.8) is 0 Å². The summed E-state index contributed by atoms with van der Waals surface area (Å²) in [6.07, 6.45) is 3.62. The fourth-order valence-electron chi connectivity index (χ4n) is 1.95. The summed E-state index contributed by atoms with van der Waals surface area (Å²) in [7, 11) is 0. The van der Waals surface area contributed by atoms with Gasteiger partial charge in [0.2, 0.25) is 0 Å². The van der Waals surface area contributed by atoms with E-state index in [4.69, 9.17) is 0 Å². The number of urea groups is 1. The molecule has 2 aliphatic rings. The molecule has 0 spiro atoms. The summed E-state index contributed by atoms with van der Waals surface area (Å²) < 4.78 is 0. The normalized spacial score (nSPS) is 32.8. The Balaban J connectivity index is 1.80. The van der Waals surface area contributed by atoms with Crippen LogP contribution in [0.5, 0.6) is 0 Å². The third-order valence-corrected chi connectivity index (χ3v) is 2.76. The second-order valence-electron chi connectivity index (χ2n) is 3.72. The zero-order valence-corrected chi connectivity index (χ0v) is 7.84. The molecule has 0 aromatic heterocycles. The van der Waals surface area contributed by atoms with Gasteiger partial charge in [0, 0.05) is 18.2 Å². The Hall–Kier alpha value is -1.06. The maximum absolute atomic E-state index is 11.0. The van der Waals surface area contributed by atoms with Gasteiger partial charge in [-0.05, 0) is 32.1 Å². The number of nitrogens with zero attached hydrogens (tertiary/aromatic N) is 1. The monoisotopic (exact) mass is 181 g/mol. The smallest absolute Gasteiger partial charge is 0.335 e. The van der Waals surface area contributed by atoms with Crippen molar-refractivity contribution in [2.24, 2.45) is 16.9 Å². The average molecular weight is 181 g/mol. The molecule has 2 amide bonds. The molecule has 4 nitrogen and oxygen atoms in total. The summed E-state index contributed by atoms with van der Waals surface area (Å²) in [5.41, 5.74) is 3.71. The van der Waals surface area contributed by atoms with E-state index in [-0.39, 0.29) is 6.03 Å². The number of hydrazone groups is 1. The van der Waals surface area contributed by atoms with Gasteiger partial charge in [0.15, 0.2) is 0 Å². The third-order valence-electron chi connectivity index (χ3n) is 2.76. The first-order valence-corrected chi connectivity index (χ1v) is 4.91.